The number of rotatable bonds is 3. The molecule has 0 aliphatic heterocycles. The van der Waals surface area contributed by atoms with Crippen LogP contribution in [-0.4, -0.2) is 17.4 Å². The van der Waals surface area contributed by atoms with E-state index in [2.05, 4.69) is 6.58 Å². The molecule has 2 heteroatoms. The van der Waals surface area contributed by atoms with E-state index in [1.807, 2.05) is 13.0 Å². The normalized spacial score (nSPS) is 9.80. The minimum atomic E-state index is 0.0398. The molecular weight excluding hydrogens is 126 g/mol. The summed E-state index contributed by atoms with van der Waals surface area (Å²) in [5, 5.41) is 0. The number of carbonyl (C=O) groups is 1. The van der Waals surface area contributed by atoms with Crippen molar-refractivity contribution in [1.29, 1.82) is 0 Å². The molecule has 0 radical (unpaired) electrons. The van der Waals surface area contributed by atoms with Crippen LogP contribution in [0.25, 0.3) is 0 Å². The molecule has 0 atom stereocenters. The monoisotopic (exact) mass is 139 g/mol. The fourth-order valence-corrected chi connectivity index (χ4v) is 0.613. The summed E-state index contributed by atoms with van der Waals surface area (Å²) in [4.78, 5) is 12.3. The first-order chi connectivity index (χ1) is 4.72. The molecule has 10 heavy (non-hydrogen) atoms. The maximum Gasteiger partial charge on any atom is 0.223 e. The quantitative estimate of drug-likeness (QED) is 0.543. The SMILES string of the molecule is C=CCN(C=CC)C(C)=O. The molecule has 0 aromatic heterocycles. The van der Waals surface area contributed by atoms with Crippen LogP contribution in [0.5, 0.6) is 0 Å². The third kappa shape index (κ3) is 3.07. The molecule has 0 N–H and O–H groups in total. The number of nitrogens with zero attached hydrogens (tertiary/aromatic N) is 1. The van der Waals surface area contributed by atoms with E-state index in [9.17, 15) is 4.79 Å². The second-order valence-electron chi connectivity index (χ2n) is 1.94. The van der Waals surface area contributed by atoms with Gasteiger partial charge in [-0.15, -0.1) is 6.58 Å². The zero-order chi connectivity index (χ0) is 7.98. The van der Waals surface area contributed by atoms with Crippen LogP contribution < -0.4 is 0 Å². The Kier molecular flexibility index (Phi) is 4.29. The molecule has 0 saturated heterocycles. The highest BCUT2D eigenvalue weighted by Gasteiger charge is 1.99. The van der Waals surface area contributed by atoms with Crippen molar-refractivity contribution in [3.05, 3.63) is 24.9 Å². The number of carbonyl (C=O) groups excluding carboxylic acids is 1. The van der Waals surface area contributed by atoms with Crippen molar-refractivity contribution in [2.75, 3.05) is 6.54 Å². The van der Waals surface area contributed by atoms with Crippen molar-refractivity contribution in [2.45, 2.75) is 13.8 Å². The Labute approximate surface area is 61.8 Å². The van der Waals surface area contributed by atoms with Gasteiger partial charge in [-0.2, -0.15) is 0 Å². The molecule has 0 bridgehead atoms. The first kappa shape index (κ1) is 8.95. The van der Waals surface area contributed by atoms with Gasteiger partial charge in [-0.3, -0.25) is 4.79 Å². The summed E-state index contributed by atoms with van der Waals surface area (Å²) in [6, 6.07) is 0. The maximum absolute atomic E-state index is 10.8. The van der Waals surface area contributed by atoms with Gasteiger partial charge in [-0.05, 0) is 6.92 Å². The summed E-state index contributed by atoms with van der Waals surface area (Å²) in [7, 11) is 0. The summed E-state index contributed by atoms with van der Waals surface area (Å²) in [5.41, 5.74) is 0. The number of allylic oxidation sites excluding steroid dienone is 1. The van der Waals surface area contributed by atoms with Gasteiger partial charge >= 0.3 is 0 Å². The molecular formula is C8H13NO. The van der Waals surface area contributed by atoms with Gasteiger partial charge in [-0.1, -0.05) is 12.2 Å². The van der Waals surface area contributed by atoms with E-state index in [-0.39, 0.29) is 5.91 Å². The largest absolute Gasteiger partial charge is 0.316 e. The van der Waals surface area contributed by atoms with Crippen molar-refractivity contribution >= 4 is 5.91 Å². The zero-order valence-electron chi connectivity index (χ0n) is 6.50. The summed E-state index contributed by atoms with van der Waals surface area (Å²) < 4.78 is 0. The summed E-state index contributed by atoms with van der Waals surface area (Å²) in [6.07, 6.45) is 5.26. The molecule has 1 amide bonds. The molecule has 0 fully saturated rings. The van der Waals surface area contributed by atoms with Crippen LogP contribution in [0.1, 0.15) is 13.8 Å². The lowest BCUT2D eigenvalue weighted by Crippen LogP contribution is -2.22. The van der Waals surface area contributed by atoms with Crippen molar-refractivity contribution in [1.82, 2.24) is 4.90 Å². The van der Waals surface area contributed by atoms with Gasteiger partial charge in [-0.25, -0.2) is 0 Å². The topological polar surface area (TPSA) is 20.3 Å². The van der Waals surface area contributed by atoms with E-state index >= 15 is 0 Å². The summed E-state index contributed by atoms with van der Waals surface area (Å²) >= 11 is 0. The summed E-state index contributed by atoms with van der Waals surface area (Å²) in [6.45, 7) is 7.53. The first-order valence-electron chi connectivity index (χ1n) is 3.23. The van der Waals surface area contributed by atoms with E-state index < -0.39 is 0 Å². The third-order valence-corrected chi connectivity index (χ3v) is 1.06. The van der Waals surface area contributed by atoms with Crippen LogP contribution in [0, 0.1) is 0 Å². The van der Waals surface area contributed by atoms with Gasteiger partial charge in [0.05, 0.1) is 0 Å². The molecule has 0 heterocycles. The van der Waals surface area contributed by atoms with Gasteiger partial charge in [0.15, 0.2) is 0 Å². The van der Waals surface area contributed by atoms with Gasteiger partial charge in [0, 0.05) is 19.7 Å². The Bertz CT molecular complexity index is 149. The smallest absolute Gasteiger partial charge is 0.223 e. The molecule has 0 aliphatic rings. The fourth-order valence-electron chi connectivity index (χ4n) is 0.613. The highest BCUT2D eigenvalue weighted by molar-refractivity contribution is 5.74. The number of hydrogen-bond acceptors (Lipinski definition) is 1. The van der Waals surface area contributed by atoms with Gasteiger partial charge in [0.25, 0.3) is 0 Å². The van der Waals surface area contributed by atoms with E-state index in [1.165, 1.54) is 6.92 Å². The average molecular weight is 139 g/mol. The van der Waals surface area contributed by atoms with Crippen molar-refractivity contribution in [3.8, 4) is 0 Å². The van der Waals surface area contributed by atoms with Crippen LogP contribution in [0.15, 0.2) is 24.9 Å². The Balaban J connectivity index is 3.96. The van der Waals surface area contributed by atoms with E-state index in [0.29, 0.717) is 6.54 Å². The molecule has 0 unspecified atom stereocenters. The predicted molar refractivity (Wildman–Crippen MR) is 42.4 cm³/mol. The zero-order valence-corrected chi connectivity index (χ0v) is 6.50. The Hall–Kier alpha value is -1.05. The average Bonchev–Trinajstić information content (AvgIpc) is 1.87. The van der Waals surface area contributed by atoms with Gasteiger partial charge in [0.2, 0.25) is 5.91 Å². The van der Waals surface area contributed by atoms with E-state index in [0.717, 1.165) is 0 Å². The predicted octanol–water partition coefficient (Wildman–Crippen LogP) is 1.55. The highest BCUT2D eigenvalue weighted by Crippen LogP contribution is 1.90. The Morgan fingerprint density at radius 2 is 2.30 bits per heavy atom. The highest BCUT2D eigenvalue weighted by atomic mass is 16.2. The maximum atomic E-state index is 10.8. The Morgan fingerprint density at radius 3 is 2.60 bits per heavy atom. The van der Waals surface area contributed by atoms with E-state index in [4.69, 9.17) is 0 Å². The number of hydrogen-bond donors (Lipinski definition) is 0. The van der Waals surface area contributed by atoms with Crippen molar-refractivity contribution in [2.24, 2.45) is 0 Å². The Morgan fingerprint density at radius 1 is 1.70 bits per heavy atom. The van der Waals surface area contributed by atoms with Gasteiger partial charge in [0.1, 0.15) is 0 Å². The lowest BCUT2D eigenvalue weighted by Gasteiger charge is -2.12. The molecule has 0 rings (SSSR count). The molecule has 0 saturated carbocycles. The lowest BCUT2D eigenvalue weighted by molar-refractivity contribution is -0.125. The minimum Gasteiger partial charge on any atom is -0.316 e. The molecule has 2 nitrogen and oxygen atoms in total. The first-order valence-corrected chi connectivity index (χ1v) is 3.23. The van der Waals surface area contributed by atoms with E-state index in [1.54, 1.807) is 17.2 Å². The van der Waals surface area contributed by atoms with Crippen LogP contribution in [0.3, 0.4) is 0 Å². The van der Waals surface area contributed by atoms with Crippen LogP contribution in [-0.2, 0) is 4.79 Å². The second-order valence-corrected chi connectivity index (χ2v) is 1.94. The standard InChI is InChI=1S/C8H13NO/c1-4-6-9(7-5-2)8(3)10/h4-5,7H,1,6H2,2-3H3. The van der Waals surface area contributed by atoms with Crippen molar-refractivity contribution in [3.63, 3.8) is 0 Å². The minimum absolute atomic E-state index is 0.0398. The summed E-state index contributed by atoms with van der Waals surface area (Å²) in [5.74, 6) is 0.0398. The van der Waals surface area contributed by atoms with Crippen LogP contribution in [0.4, 0.5) is 0 Å². The molecule has 0 aromatic rings. The third-order valence-electron chi connectivity index (χ3n) is 1.06. The van der Waals surface area contributed by atoms with Crippen LogP contribution in [0.2, 0.25) is 0 Å². The molecule has 0 aliphatic carbocycles. The van der Waals surface area contributed by atoms with Crippen LogP contribution >= 0.6 is 0 Å². The molecule has 0 aromatic carbocycles. The second kappa shape index (κ2) is 4.79. The molecule has 0 spiro atoms. The lowest BCUT2D eigenvalue weighted by atomic mass is 10.5. The molecule has 56 valence electrons. The fraction of sp³-hybridized carbons (Fsp3) is 0.375. The van der Waals surface area contributed by atoms with Crippen molar-refractivity contribution < 1.29 is 4.79 Å². The van der Waals surface area contributed by atoms with Gasteiger partial charge < -0.3 is 4.90 Å². The number of amides is 1.